The van der Waals surface area contributed by atoms with E-state index in [1.165, 1.54) is 0 Å². The summed E-state index contributed by atoms with van der Waals surface area (Å²) < 4.78 is 10.9. The molecule has 2 saturated heterocycles. The summed E-state index contributed by atoms with van der Waals surface area (Å²) >= 11 is 11.2. The Kier molecular flexibility index (Phi) is 6.60. The molecule has 1 aromatic carbocycles. The second-order valence-corrected chi connectivity index (χ2v) is 8.60. The molecule has 2 heterocycles. The highest BCUT2D eigenvalue weighted by atomic mass is 35.5. The van der Waals surface area contributed by atoms with E-state index < -0.39 is 12.2 Å². The molecule has 0 unspecified atom stereocenters. The predicted molar refractivity (Wildman–Crippen MR) is 124 cm³/mol. The molecule has 1 aliphatic carbocycles. The molecule has 31 heavy (non-hydrogen) atoms. The van der Waals surface area contributed by atoms with E-state index in [0.717, 1.165) is 43.2 Å². The van der Waals surface area contributed by atoms with Crippen LogP contribution in [-0.2, 0) is 14.3 Å². The summed E-state index contributed by atoms with van der Waals surface area (Å²) in [4.78, 5) is 29.4. The van der Waals surface area contributed by atoms with Crippen molar-refractivity contribution in [2.24, 2.45) is 0 Å². The third kappa shape index (κ3) is 4.92. The molecule has 0 aromatic heterocycles. The van der Waals surface area contributed by atoms with Gasteiger partial charge in [-0.2, -0.15) is 0 Å². The average Bonchev–Trinajstić information content (AvgIpc) is 3.14. The van der Waals surface area contributed by atoms with Gasteiger partial charge in [-0.05, 0) is 36.8 Å². The zero-order valence-electron chi connectivity index (χ0n) is 17.2. The molecule has 2 amide bonds. The molecule has 0 bridgehead atoms. The number of ether oxygens (including phenoxy) is 2. The number of nitrogens with zero attached hydrogens (tertiary/aromatic N) is 2. The molecule has 0 radical (unpaired) electrons. The number of amides is 2. The van der Waals surface area contributed by atoms with Crippen LogP contribution < -0.4 is 15.1 Å². The van der Waals surface area contributed by atoms with Gasteiger partial charge in [0.1, 0.15) is 6.10 Å². The Morgan fingerprint density at radius 2 is 2.10 bits per heavy atom. The third-order valence-corrected chi connectivity index (χ3v) is 6.17. The predicted octanol–water partition coefficient (Wildman–Crippen LogP) is 3.10. The molecule has 2 fully saturated rings. The molecular weight excluding hydrogens is 438 g/mol. The van der Waals surface area contributed by atoms with E-state index in [9.17, 15) is 9.59 Å². The lowest BCUT2D eigenvalue weighted by Gasteiger charge is -2.29. The van der Waals surface area contributed by atoms with Crippen molar-refractivity contribution in [3.05, 3.63) is 46.5 Å². The number of thiocarbonyl (C=S) groups is 1. The number of carbonyl (C=O) groups is 2. The van der Waals surface area contributed by atoms with Crippen molar-refractivity contribution in [3.8, 4) is 0 Å². The monoisotopic (exact) mass is 461 g/mol. The number of anilines is 2. The lowest BCUT2D eigenvalue weighted by atomic mass is 10.0. The number of aryl methyl sites for hydroxylation is 1. The van der Waals surface area contributed by atoms with Crippen molar-refractivity contribution < 1.29 is 19.1 Å². The van der Waals surface area contributed by atoms with E-state index in [2.05, 4.69) is 16.3 Å². The minimum atomic E-state index is -0.446. The van der Waals surface area contributed by atoms with Crippen LogP contribution in [0, 0.1) is 6.92 Å². The number of benzene rings is 1. The van der Waals surface area contributed by atoms with Crippen LogP contribution in [0.1, 0.15) is 12.0 Å². The maximum atomic E-state index is 12.5. The SMILES string of the molecule is Cc1cc(N2CCOCC2)ccc1N1C[C@H](CNC(=O)C2=CC(Cl)=CCC2=S)OC1=O. The van der Waals surface area contributed by atoms with Gasteiger partial charge >= 0.3 is 6.09 Å². The number of cyclic esters (lactones) is 1. The highest BCUT2D eigenvalue weighted by Gasteiger charge is 2.33. The van der Waals surface area contributed by atoms with Gasteiger partial charge in [-0.3, -0.25) is 9.69 Å². The second-order valence-electron chi connectivity index (χ2n) is 7.67. The summed E-state index contributed by atoms with van der Waals surface area (Å²) in [5, 5.41) is 3.30. The highest BCUT2D eigenvalue weighted by molar-refractivity contribution is 7.81. The number of carbonyl (C=O) groups excluding carboxylic acids is 2. The first-order valence-corrected chi connectivity index (χ1v) is 11.0. The number of nitrogens with one attached hydrogen (secondary N) is 1. The Labute approximate surface area is 191 Å². The smallest absolute Gasteiger partial charge is 0.414 e. The lowest BCUT2D eigenvalue weighted by Crippen LogP contribution is -2.37. The fourth-order valence-corrected chi connectivity index (χ4v) is 4.28. The lowest BCUT2D eigenvalue weighted by molar-refractivity contribution is -0.117. The van der Waals surface area contributed by atoms with E-state index in [1.807, 2.05) is 19.1 Å². The van der Waals surface area contributed by atoms with Crippen molar-refractivity contribution in [2.75, 3.05) is 49.2 Å². The van der Waals surface area contributed by atoms with Gasteiger partial charge in [0, 0.05) is 35.1 Å². The van der Waals surface area contributed by atoms with E-state index in [1.54, 1.807) is 17.1 Å². The summed E-state index contributed by atoms with van der Waals surface area (Å²) in [6, 6.07) is 6.04. The summed E-state index contributed by atoms with van der Waals surface area (Å²) in [7, 11) is 0. The fraction of sp³-hybridized carbons (Fsp3) is 0.409. The summed E-state index contributed by atoms with van der Waals surface area (Å²) in [6.07, 6.45) is 2.94. The third-order valence-electron chi connectivity index (χ3n) is 5.52. The maximum absolute atomic E-state index is 12.5. The molecule has 1 aromatic rings. The number of morpholine rings is 1. The van der Waals surface area contributed by atoms with Crippen LogP contribution in [0.4, 0.5) is 16.2 Å². The zero-order valence-corrected chi connectivity index (χ0v) is 18.8. The molecule has 0 saturated carbocycles. The summed E-state index contributed by atoms with van der Waals surface area (Å²) in [5.74, 6) is -0.309. The number of allylic oxidation sites excluding steroid dienone is 3. The van der Waals surface area contributed by atoms with Crippen molar-refractivity contribution in [3.63, 3.8) is 0 Å². The minimum absolute atomic E-state index is 0.202. The van der Waals surface area contributed by atoms with Crippen LogP contribution in [0.5, 0.6) is 0 Å². The van der Waals surface area contributed by atoms with Gasteiger partial charge in [0.25, 0.3) is 5.91 Å². The molecule has 164 valence electrons. The van der Waals surface area contributed by atoms with Gasteiger partial charge in [0.05, 0.1) is 37.6 Å². The van der Waals surface area contributed by atoms with Crippen molar-refractivity contribution >= 4 is 52.1 Å². The number of hydrogen-bond acceptors (Lipinski definition) is 6. The molecule has 9 heteroatoms. The highest BCUT2D eigenvalue weighted by Crippen LogP contribution is 2.29. The summed E-state index contributed by atoms with van der Waals surface area (Å²) in [6.45, 7) is 5.69. The molecular formula is C22H24ClN3O4S. The van der Waals surface area contributed by atoms with Gasteiger partial charge < -0.3 is 19.7 Å². The van der Waals surface area contributed by atoms with Gasteiger partial charge in [-0.1, -0.05) is 29.9 Å². The second kappa shape index (κ2) is 9.38. The Morgan fingerprint density at radius 3 is 2.84 bits per heavy atom. The van der Waals surface area contributed by atoms with Gasteiger partial charge in [0.15, 0.2) is 0 Å². The Morgan fingerprint density at radius 1 is 1.32 bits per heavy atom. The Bertz CT molecular complexity index is 972. The number of halogens is 1. The van der Waals surface area contributed by atoms with Crippen LogP contribution in [0.3, 0.4) is 0 Å². The largest absolute Gasteiger partial charge is 0.442 e. The molecule has 3 aliphatic rings. The Balaban J connectivity index is 1.37. The van der Waals surface area contributed by atoms with E-state index >= 15 is 0 Å². The van der Waals surface area contributed by atoms with Crippen LogP contribution >= 0.6 is 23.8 Å². The molecule has 2 aliphatic heterocycles. The molecule has 7 nitrogen and oxygen atoms in total. The maximum Gasteiger partial charge on any atom is 0.414 e. The molecule has 4 rings (SSSR count). The van der Waals surface area contributed by atoms with Gasteiger partial charge in [-0.15, -0.1) is 0 Å². The first-order chi connectivity index (χ1) is 14.9. The molecule has 0 spiro atoms. The van der Waals surface area contributed by atoms with Crippen LogP contribution in [0.2, 0.25) is 0 Å². The first-order valence-electron chi connectivity index (χ1n) is 10.2. The number of rotatable bonds is 5. The number of hydrogen-bond donors (Lipinski definition) is 1. The standard InChI is InChI=1S/C22H24ClN3O4S/c1-14-10-16(25-6-8-29-9-7-25)3-4-19(14)26-13-17(30-22(26)28)12-24-21(27)18-11-15(23)2-5-20(18)31/h2-4,10-11,17H,5-9,12-13H2,1H3,(H,24,27)/t17-/m0/s1. The van der Waals surface area contributed by atoms with E-state index in [0.29, 0.717) is 28.4 Å². The van der Waals surface area contributed by atoms with Crippen LogP contribution in [0.25, 0.3) is 0 Å². The summed E-state index contributed by atoms with van der Waals surface area (Å²) in [5.41, 5.74) is 3.30. The van der Waals surface area contributed by atoms with Crippen LogP contribution in [0.15, 0.2) is 41.0 Å². The average molecular weight is 462 g/mol. The van der Waals surface area contributed by atoms with Gasteiger partial charge in [-0.25, -0.2) is 4.79 Å². The molecule has 1 N–H and O–H groups in total. The van der Waals surface area contributed by atoms with Crippen LogP contribution in [-0.4, -0.2) is 62.4 Å². The van der Waals surface area contributed by atoms with Crippen molar-refractivity contribution in [1.82, 2.24) is 5.32 Å². The van der Waals surface area contributed by atoms with E-state index in [-0.39, 0.29) is 12.5 Å². The minimum Gasteiger partial charge on any atom is -0.442 e. The van der Waals surface area contributed by atoms with Crippen molar-refractivity contribution in [1.29, 1.82) is 0 Å². The van der Waals surface area contributed by atoms with Crippen molar-refractivity contribution in [2.45, 2.75) is 19.4 Å². The topological polar surface area (TPSA) is 71.1 Å². The normalized spacial score (nSPS) is 21.5. The Hall–Kier alpha value is -2.42. The zero-order chi connectivity index (χ0) is 22.0. The first kappa shape index (κ1) is 21.8. The fourth-order valence-electron chi connectivity index (χ4n) is 3.86. The quantitative estimate of drug-likeness (QED) is 0.679. The van der Waals surface area contributed by atoms with E-state index in [4.69, 9.17) is 33.3 Å². The van der Waals surface area contributed by atoms with Gasteiger partial charge in [0.2, 0.25) is 0 Å². The molecule has 1 atom stereocenters.